The zero-order valence-corrected chi connectivity index (χ0v) is 32.6. The molecule has 51 heavy (non-hydrogen) atoms. The van der Waals surface area contributed by atoms with Gasteiger partial charge in [0.1, 0.15) is 6.04 Å². The van der Waals surface area contributed by atoms with E-state index in [4.69, 9.17) is 15.2 Å². The lowest BCUT2D eigenvalue weighted by atomic mass is 9.37. The van der Waals surface area contributed by atoms with E-state index >= 15 is 0 Å². The minimum absolute atomic E-state index is 0.113. The molecule has 12 heteroatoms. The second-order valence-electron chi connectivity index (χ2n) is 18.9. The number of anilines is 1. The lowest BCUT2D eigenvalue weighted by Crippen LogP contribution is -2.71. The molecule has 0 radical (unpaired) electrons. The lowest BCUT2D eigenvalue weighted by molar-refractivity contribution is -0.265. The van der Waals surface area contributed by atoms with E-state index in [9.17, 15) is 20.1 Å². The number of carboxylic acid groups (broad SMARTS) is 1. The molecule has 1 saturated heterocycles. The molecule has 288 valence electrons. The van der Waals surface area contributed by atoms with Crippen molar-refractivity contribution in [1.82, 2.24) is 25.5 Å². The average Bonchev–Trinajstić information content (AvgIpc) is 3.49. The Bertz CT molecular complexity index is 1490. The summed E-state index contributed by atoms with van der Waals surface area (Å²) >= 11 is 0. The summed E-state index contributed by atoms with van der Waals surface area (Å²) in [5.74, 6) is -0.537. The molecule has 0 spiro atoms. The van der Waals surface area contributed by atoms with Crippen molar-refractivity contribution in [2.24, 2.45) is 57.2 Å². The third-order valence-electron chi connectivity index (χ3n) is 15.9. The summed E-state index contributed by atoms with van der Waals surface area (Å²) in [6, 6.07) is -0.287. The van der Waals surface area contributed by atoms with E-state index in [-0.39, 0.29) is 53.9 Å². The summed E-state index contributed by atoms with van der Waals surface area (Å²) in [7, 11) is 0. The van der Waals surface area contributed by atoms with Crippen LogP contribution in [0.4, 0.5) is 5.95 Å². The van der Waals surface area contributed by atoms with Gasteiger partial charge in [0, 0.05) is 34.3 Å². The first-order chi connectivity index (χ1) is 23.8. The van der Waals surface area contributed by atoms with Crippen LogP contribution < -0.4 is 11.1 Å². The molecule has 0 unspecified atom stereocenters. The van der Waals surface area contributed by atoms with Gasteiger partial charge in [0.05, 0.1) is 37.4 Å². The summed E-state index contributed by atoms with van der Waals surface area (Å²) < 4.78 is 13.7. The largest absolute Gasteiger partial charge is 0.481 e. The van der Waals surface area contributed by atoms with E-state index in [0.717, 1.165) is 12.8 Å². The number of hydrogen-bond donors (Lipinski definition) is 5. The van der Waals surface area contributed by atoms with E-state index in [0.29, 0.717) is 64.4 Å². The van der Waals surface area contributed by atoms with Gasteiger partial charge in [0.25, 0.3) is 5.95 Å². The van der Waals surface area contributed by atoms with Gasteiger partial charge in [-0.3, -0.25) is 4.79 Å². The number of carbonyl (C=O) groups is 1. The summed E-state index contributed by atoms with van der Waals surface area (Å²) in [5.41, 5.74) is 3.71. The molecule has 2 bridgehead atoms. The predicted octanol–water partition coefficient (Wildman–Crippen LogP) is 4.88. The van der Waals surface area contributed by atoms with Crippen LogP contribution in [-0.4, -0.2) is 91.7 Å². The van der Waals surface area contributed by atoms with Crippen molar-refractivity contribution in [1.29, 1.82) is 0 Å². The number of hydrogen-bond acceptors (Lipinski definition) is 10. The van der Waals surface area contributed by atoms with Gasteiger partial charge >= 0.3 is 5.97 Å². The smallest absolute Gasteiger partial charge is 0.307 e. The molecule has 4 aliphatic carbocycles. The van der Waals surface area contributed by atoms with Gasteiger partial charge in [0.2, 0.25) is 0 Å². The number of fused-ring (bicyclic) bond motifs is 3. The Morgan fingerprint density at radius 3 is 2.51 bits per heavy atom. The van der Waals surface area contributed by atoms with Crippen molar-refractivity contribution in [2.45, 2.75) is 131 Å². The summed E-state index contributed by atoms with van der Waals surface area (Å²) in [4.78, 5) is 15.0. The Labute approximate surface area is 304 Å². The molecule has 3 saturated carbocycles. The van der Waals surface area contributed by atoms with Crippen LogP contribution in [0.5, 0.6) is 0 Å². The fraction of sp³-hybridized carbons (Fsp3) is 0.897. The van der Waals surface area contributed by atoms with Gasteiger partial charge in [-0.1, -0.05) is 72.1 Å². The highest BCUT2D eigenvalue weighted by atomic mass is 16.5. The van der Waals surface area contributed by atoms with Crippen molar-refractivity contribution in [3.63, 3.8) is 0 Å². The maximum atomic E-state index is 13.4. The topological polar surface area (TPSA) is 178 Å². The van der Waals surface area contributed by atoms with Crippen molar-refractivity contribution < 1.29 is 29.6 Å². The molecule has 2 heterocycles. The number of carboxylic acids is 1. The van der Waals surface area contributed by atoms with Crippen molar-refractivity contribution >= 4 is 11.9 Å². The Hall–Kier alpha value is -2.12. The van der Waals surface area contributed by atoms with Gasteiger partial charge < -0.3 is 35.8 Å². The van der Waals surface area contributed by atoms with Crippen molar-refractivity contribution in [3.8, 4) is 0 Å². The van der Waals surface area contributed by atoms with Crippen LogP contribution in [0, 0.1) is 57.2 Å². The molecule has 6 N–H and O–H groups in total. The lowest BCUT2D eigenvalue weighted by Gasteiger charge is -2.70. The zero-order chi connectivity index (χ0) is 37.4. The third kappa shape index (κ3) is 5.71. The highest BCUT2D eigenvalue weighted by Gasteiger charge is 2.73. The highest BCUT2D eigenvalue weighted by Crippen LogP contribution is 2.73. The molecule has 0 aromatic carbocycles. The molecule has 12 atom stereocenters. The molecule has 1 aromatic rings. The maximum absolute atomic E-state index is 13.4. The SMILES string of the molecule is CC(C)[C@@H](C)[C@@]1(C)CC[C@]2(O)[C@H]3CC[C@@H]4[C@@]5(COC[C@@]4(C)[C@@H](OC[C@](C)(NCCCO)C(C)C)[C@H](n4nnc(N)n4)C5)C3=CC[C@@]2(C)[C@@H]1C(=O)O. The molecule has 1 aliphatic heterocycles. The predicted molar refractivity (Wildman–Crippen MR) is 194 cm³/mol. The molecular weight excluding hydrogens is 648 g/mol. The number of allylic oxidation sites excluding steroid dienone is 1. The Kier molecular flexibility index (Phi) is 10.1. The number of aliphatic hydroxyl groups excluding tert-OH is 1. The minimum atomic E-state index is -1.16. The van der Waals surface area contributed by atoms with Crippen LogP contribution >= 0.6 is 0 Å². The Morgan fingerprint density at radius 1 is 1.18 bits per heavy atom. The first-order valence-corrected chi connectivity index (χ1v) is 19.6. The molecule has 0 amide bonds. The number of aromatic nitrogens is 4. The number of tetrazole rings is 1. The quantitative estimate of drug-likeness (QED) is 0.147. The van der Waals surface area contributed by atoms with E-state index < -0.39 is 39.1 Å². The Balaban J connectivity index is 1.41. The number of nitrogens with zero attached hydrogens (tertiary/aromatic N) is 4. The maximum Gasteiger partial charge on any atom is 0.307 e. The third-order valence-corrected chi connectivity index (χ3v) is 15.9. The highest BCUT2D eigenvalue weighted by molar-refractivity contribution is 5.73. The van der Waals surface area contributed by atoms with Gasteiger partial charge in [-0.25, -0.2) is 0 Å². The van der Waals surface area contributed by atoms with Crippen molar-refractivity contribution in [3.05, 3.63) is 11.6 Å². The van der Waals surface area contributed by atoms with E-state index in [1.807, 2.05) is 0 Å². The van der Waals surface area contributed by atoms with Crippen LogP contribution in [0.3, 0.4) is 0 Å². The monoisotopic (exact) mass is 715 g/mol. The van der Waals surface area contributed by atoms with Crippen LogP contribution in [0.1, 0.15) is 113 Å². The molecule has 12 nitrogen and oxygen atoms in total. The number of rotatable bonds is 12. The fourth-order valence-electron chi connectivity index (χ4n) is 12.3. The first kappa shape index (κ1) is 38.6. The van der Waals surface area contributed by atoms with Crippen LogP contribution in [-0.2, 0) is 14.3 Å². The zero-order valence-electron chi connectivity index (χ0n) is 32.6. The van der Waals surface area contributed by atoms with Gasteiger partial charge in [-0.2, -0.15) is 4.80 Å². The van der Waals surface area contributed by atoms with Crippen LogP contribution in [0.25, 0.3) is 0 Å². The van der Waals surface area contributed by atoms with Gasteiger partial charge in [-0.05, 0) is 92.7 Å². The summed E-state index contributed by atoms with van der Waals surface area (Å²) in [6.07, 6.45) is 6.75. The fourth-order valence-corrected chi connectivity index (χ4v) is 12.3. The average molecular weight is 715 g/mol. The first-order valence-electron chi connectivity index (χ1n) is 19.6. The molecule has 4 fully saturated rings. The van der Waals surface area contributed by atoms with E-state index in [2.05, 4.69) is 89.1 Å². The van der Waals surface area contributed by atoms with Crippen LogP contribution in [0.2, 0.25) is 0 Å². The number of ether oxygens (including phenoxy) is 2. The van der Waals surface area contributed by atoms with Crippen molar-refractivity contribution in [2.75, 3.05) is 38.7 Å². The Morgan fingerprint density at radius 2 is 1.90 bits per heavy atom. The number of nitrogens with one attached hydrogen (secondary N) is 1. The van der Waals surface area contributed by atoms with E-state index in [1.54, 1.807) is 4.80 Å². The molecule has 5 aliphatic rings. The summed E-state index contributed by atoms with van der Waals surface area (Å²) in [5, 5.41) is 50.3. The molecule has 6 rings (SSSR count). The van der Waals surface area contributed by atoms with E-state index in [1.165, 1.54) is 5.57 Å². The number of aliphatic hydroxyl groups is 2. The second kappa shape index (κ2) is 13.3. The number of aliphatic carboxylic acids is 1. The summed E-state index contributed by atoms with van der Waals surface area (Å²) in [6.45, 7) is 21.9. The number of nitrogens with two attached hydrogens (primary N) is 1. The minimum Gasteiger partial charge on any atom is -0.481 e. The van der Waals surface area contributed by atoms with Gasteiger partial charge in [0.15, 0.2) is 0 Å². The second-order valence-corrected chi connectivity index (χ2v) is 18.9. The van der Waals surface area contributed by atoms with Crippen LogP contribution in [0.15, 0.2) is 11.6 Å². The normalized spacial score (nSPS) is 42.4. The van der Waals surface area contributed by atoms with Gasteiger partial charge in [-0.15, -0.1) is 5.10 Å². The standard InChI is InChI=1S/C39H66N6O6/c1-23(2)25(5)34(6)15-16-39(49)27-11-12-29-35(7)20-50-22-38(29,26(27)13-14-36(39,8)30(34)32(47)48)19-28(45-43-33(40)42-44-45)31(35)51-21-37(9,24(3)4)41-17-10-18-46/h13,23-25,27-31,41,46,49H,10-12,14-22H2,1-9H3,(H2,40,43)(H,47,48)/t25-,27+,28-,29+,30-,31+,34-,35-,36+,37+,38+,39+/m1/s1. The molecular formula is C39H66N6O6. The molecule has 1 aromatic heterocycles. The number of nitrogen functional groups attached to an aromatic ring is 1.